The number of imide groups is 1. The van der Waals surface area contributed by atoms with E-state index in [2.05, 4.69) is 44.1 Å². The first-order chi connectivity index (χ1) is 38.9. The summed E-state index contributed by atoms with van der Waals surface area (Å²) in [5.41, 5.74) is 9.26. The van der Waals surface area contributed by atoms with E-state index in [-0.39, 0.29) is 89.6 Å². The van der Waals surface area contributed by atoms with Gasteiger partial charge in [-0.2, -0.15) is 26.3 Å². The second kappa shape index (κ2) is 25.6. The van der Waals surface area contributed by atoms with Crippen molar-refractivity contribution in [3.8, 4) is 0 Å². The van der Waals surface area contributed by atoms with E-state index in [1.54, 1.807) is 25.7 Å². The van der Waals surface area contributed by atoms with Crippen molar-refractivity contribution in [2.45, 2.75) is 208 Å². The third-order valence-electron chi connectivity index (χ3n) is 17.6. The van der Waals surface area contributed by atoms with Gasteiger partial charge in [-0.3, -0.25) is 52.8 Å². The number of amides is 9. The Morgan fingerprint density at radius 2 is 0.931 bits per heavy atom. The Hall–Kier alpha value is -6.33. The molecule has 0 aromatic rings. The minimum Gasteiger partial charge on any atom is -0.434 e. The molecule has 4 aliphatic carbocycles. The summed E-state index contributed by atoms with van der Waals surface area (Å²) in [4.78, 5) is 154. The molecule has 3 aliphatic heterocycles. The molecule has 87 heavy (non-hydrogen) atoms. The quantitative estimate of drug-likeness (QED) is 0.0478. The third kappa shape index (κ3) is 16.9. The number of nitrogens with two attached hydrogens (primary N) is 3. The Balaban J connectivity index is 0.000000297. The van der Waals surface area contributed by atoms with Gasteiger partial charge in [0.05, 0.1) is 18.1 Å². The molecule has 31 heteroatoms. The highest BCUT2D eigenvalue weighted by Crippen LogP contribution is 2.66. The lowest BCUT2D eigenvalue weighted by Crippen LogP contribution is -2.61. The molecule has 0 bridgehead atoms. The van der Waals surface area contributed by atoms with Gasteiger partial charge in [0.15, 0.2) is 0 Å². The summed E-state index contributed by atoms with van der Waals surface area (Å²) >= 11 is 0. The van der Waals surface area contributed by atoms with E-state index in [9.17, 15) is 83.9 Å². The molecule has 0 aromatic heterocycles. The molecule has 0 spiro atoms. The third-order valence-corrected chi connectivity index (χ3v) is 17.6. The Bertz CT molecular complexity index is 2720. The highest BCUT2D eigenvalue weighted by molar-refractivity contribution is 6.38. The molecule has 8 unspecified atom stereocenters. The van der Waals surface area contributed by atoms with E-state index in [1.165, 1.54) is 4.90 Å². The molecule has 3 saturated heterocycles. The lowest BCUT2D eigenvalue weighted by Gasteiger charge is -2.38. The Kier molecular flexibility index (Phi) is 21.6. The number of Topliss-reactive ketones (excluding diaryl/α,β-unsaturated/α-hetero) is 2. The number of ketones is 2. The lowest BCUT2D eigenvalue weighted by molar-refractivity contribution is -0.256. The van der Waals surface area contributed by atoms with Crippen molar-refractivity contribution >= 4 is 83.5 Å². The molecule has 3 heterocycles. The molecule has 492 valence electrons. The summed E-state index contributed by atoms with van der Waals surface area (Å²) in [6, 6.07) is -5.78. The summed E-state index contributed by atoms with van der Waals surface area (Å²) < 4.78 is 85.5. The van der Waals surface area contributed by atoms with Gasteiger partial charge in [0, 0.05) is 25.9 Å². The minimum absolute atomic E-state index is 0. The maximum Gasteiger partial charge on any atom is 0.534 e. The number of piperidine rings is 2. The average molecular weight is 1270 g/mol. The molecule has 0 aromatic carbocycles. The van der Waals surface area contributed by atoms with Crippen LogP contribution >= 0.6 is 12.4 Å². The van der Waals surface area contributed by atoms with Gasteiger partial charge in [-0.1, -0.05) is 100.0 Å². The Labute approximate surface area is 506 Å². The molecular formula is C56H84ClF6N9O15. The standard InChI is InChI=1S/C26H39F3N4O6.C21H34N4O4.C9H10F3NO5.ClH/c1-23(2,3)18(32-22(38)39-25(6,7)26(27,28)29)21(37)33-11-13-15(24(13,4)5)16(33)20(36)31-14(10-12-8-9-12)17(34)19(30)35;1-20(2,3)16(22)19(29)25-9-11-13(21(11,4)5)14(25)18(28)24-12(8-10-6-7-10)15(26)17(23)27;1-8(2,9(10,11)12)17-7(16)18-13-5(14)3-4-6(13)15;/h12-16,18H,8-11H2,1-7H3,(H2,30,35)(H,31,36)(H,32,38);10-14,16H,6-9,22H2,1-5H3,(H2,23,27)(H,24,28);3-4H2,1-2H3;1H/t13-,14?,15?,16?,18?;11-,12?,13?,14?,16?;;/m00../s1. The van der Waals surface area contributed by atoms with Gasteiger partial charge in [0.2, 0.25) is 46.4 Å². The maximum absolute atomic E-state index is 13.8. The predicted molar refractivity (Wildman–Crippen MR) is 296 cm³/mol. The first-order valence-corrected chi connectivity index (χ1v) is 28.4. The van der Waals surface area contributed by atoms with Crippen LogP contribution in [-0.2, 0) is 62.3 Å². The number of hydroxylamine groups is 2. The zero-order valence-electron chi connectivity index (χ0n) is 51.4. The highest BCUT2D eigenvalue weighted by Gasteiger charge is 2.71. The van der Waals surface area contributed by atoms with Crippen LogP contribution in [0.5, 0.6) is 0 Å². The van der Waals surface area contributed by atoms with Gasteiger partial charge in [-0.25, -0.2) is 9.59 Å². The molecular weight excluding hydrogens is 1190 g/mol. The highest BCUT2D eigenvalue weighted by atomic mass is 35.5. The van der Waals surface area contributed by atoms with Crippen LogP contribution in [0.1, 0.15) is 148 Å². The minimum atomic E-state index is -4.84. The largest absolute Gasteiger partial charge is 0.534 e. The average Bonchev–Trinajstić information content (AvgIpc) is 1.54. The zero-order valence-corrected chi connectivity index (χ0v) is 52.2. The summed E-state index contributed by atoms with van der Waals surface area (Å²) in [5, 5.41) is 7.77. The van der Waals surface area contributed by atoms with Crippen LogP contribution in [0.2, 0.25) is 0 Å². The fraction of sp³-hybridized carbons (Fsp3) is 0.786. The molecule has 9 N–H and O–H groups in total. The molecule has 9 amide bonds. The molecule has 7 aliphatic rings. The molecule has 7 fully saturated rings. The molecule has 24 nitrogen and oxygen atoms in total. The zero-order chi connectivity index (χ0) is 65.9. The SMILES string of the molecule is CC(C)(C)C(N)C(=O)N1C[C@H]2C(C1C(=O)NC(CC1CC1)C(=O)C(N)=O)C2(C)C.CC(C)(C)C(NC(=O)OC(C)(C)C(F)(F)F)C(=O)N1C[C@H]2C(C1C(=O)NC(CC1CC1)C(=O)C(N)=O)C2(C)C.CC(C)(OC(=O)ON1C(=O)CCC1=O)C(F)(F)F.Cl. The van der Waals surface area contributed by atoms with Crippen molar-refractivity contribution in [3.05, 3.63) is 0 Å². The van der Waals surface area contributed by atoms with E-state index in [0.29, 0.717) is 46.6 Å². The lowest BCUT2D eigenvalue weighted by atomic mass is 9.85. The second-order valence-electron chi connectivity index (χ2n) is 27.9. The monoisotopic (exact) mass is 1270 g/mol. The number of primary amides is 2. The number of rotatable bonds is 18. The predicted octanol–water partition coefficient (Wildman–Crippen LogP) is 4.44. The number of carbonyl (C=O) groups is 12. The normalized spacial score (nSPS) is 24.9. The van der Waals surface area contributed by atoms with Crippen molar-refractivity contribution in [1.82, 2.24) is 30.8 Å². The fourth-order valence-electron chi connectivity index (χ4n) is 11.1. The van der Waals surface area contributed by atoms with Crippen LogP contribution in [0.4, 0.5) is 35.9 Å². The molecule has 7 rings (SSSR count). The van der Waals surface area contributed by atoms with Crippen molar-refractivity contribution < 1.29 is 98.2 Å². The van der Waals surface area contributed by atoms with E-state index in [0.717, 1.165) is 25.7 Å². The molecule has 10 atom stereocenters. The number of halogens is 7. The smallest absolute Gasteiger partial charge is 0.434 e. The van der Waals surface area contributed by atoms with Crippen molar-refractivity contribution in [2.24, 2.45) is 74.4 Å². The number of alkyl carbamates (subject to hydrolysis) is 1. The number of nitrogens with zero attached hydrogens (tertiary/aromatic N) is 3. The second-order valence-corrected chi connectivity index (χ2v) is 27.9. The number of likely N-dealkylation sites (tertiary alicyclic amines) is 2. The van der Waals surface area contributed by atoms with Crippen LogP contribution < -0.4 is 33.2 Å². The van der Waals surface area contributed by atoms with Crippen molar-refractivity contribution in [3.63, 3.8) is 0 Å². The van der Waals surface area contributed by atoms with Gasteiger partial charge in [-0.15, -0.1) is 12.4 Å². The summed E-state index contributed by atoms with van der Waals surface area (Å²) in [7, 11) is 0. The summed E-state index contributed by atoms with van der Waals surface area (Å²) in [5.74, 6) is -6.96. The van der Waals surface area contributed by atoms with Crippen LogP contribution in [0, 0.1) is 57.2 Å². The van der Waals surface area contributed by atoms with Gasteiger partial charge >= 0.3 is 24.6 Å². The van der Waals surface area contributed by atoms with Crippen LogP contribution in [0.15, 0.2) is 0 Å². The number of nitrogens with one attached hydrogen (secondary N) is 3. The molecule has 0 radical (unpaired) electrons. The number of carbonyl (C=O) groups excluding carboxylic acids is 12. The number of alkyl halides is 6. The van der Waals surface area contributed by atoms with Gasteiger partial charge in [0.25, 0.3) is 23.6 Å². The first-order valence-electron chi connectivity index (χ1n) is 28.4. The fourth-order valence-corrected chi connectivity index (χ4v) is 11.1. The van der Waals surface area contributed by atoms with Crippen LogP contribution in [0.25, 0.3) is 0 Å². The Morgan fingerprint density at radius 3 is 1.25 bits per heavy atom. The summed E-state index contributed by atoms with van der Waals surface area (Å²) in [6.45, 7) is 21.9. The topological polar surface area (TPSA) is 356 Å². The Morgan fingerprint density at radius 1 is 0.575 bits per heavy atom. The van der Waals surface area contributed by atoms with Crippen LogP contribution in [-0.4, -0.2) is 159 Å². The van der Waals surface area contributed by atoms with E-state index in [1.807, 2.05) is 34.6 Å². The van der Waals surface area contributed by atoms with Gasteiger partial charge < -0.3 is 52.4 Å². The van der Waals surface area contributed by atoms with Gasteiger partial charge in [0.1, 0.15) is 18.1 Å². The van der Waals surface area contributed by atoms with Gasteiger partial charge in [-0.05, 0) is 97.7 Å². The van der Waals surface area contributed by atoms with E-state index in [4.69, 9.17) is 17.2 Å². The number of hydrogen-bond acceptors (Lipinski definition) is 16. The van der Waals surface area contributed by atoms with E-state index >= 15 is 0 Å². The first kappa shape index (κ1) is 73.1. The maximum atomic E-state index is 13.8. The van der Waals surface area contributed by atoms with E-state index < -0.39 is 136 Å². The molecule has 4 saturated carbocycles. The number of ether oxygens (including phenoxy) is 2. The number of fused-ring (bicyclic) bond motifs is 2. The van der Waals surface area contributed by atoms with Crippen molar-refractivity contribution in [2.75, 3.05) is 13.1 Å². The number of hydrogen-bond donors (Lipinski definition) is 6. The van der Waals surface area contributed by atoms with Crippen LogP contribution in [0.3, 0.4) is 0 Å². The summed E-state index contributed by atoms with van der Waals surface area (Å²) in [6.07, 6.45) is -8.78. The van der Waals surface area contributed by atoms with Crippen molar-refractivity contribution in [1.29, 1.82) is 0 Å².